The largest absolute Gasteiger partial charge is 0.329 e. The number of hydrogen-bond donors (Lipinski definition) is 3. The number of nitrogens with two attached hydrogens (primary N) is 1. The zero-order valence-corrected chi connectivity index (χ0v) is 12.9. The Kier molecular flexibility index (Phi) is 6.21. The SMILES string of the molecule is CCC(CN)S(=O)(=O)NCC(C)(C)NS(C)(=O)=O. The maximum absolute atomic E-state index is 11.8. The summed E-state index contributed by atoms with van der Waals surface area (Å²) in [6.07, 6.45) is 1.43. The van der Waals surface area contributed by atoms with Gasteiger partial charge < -0.3 is 5.73 Å². The normalized spacial score (nSPS) is 15.6. The molecule has 0 saturated heterocycles. The summed E-state index contributed by atoms with van der Waals surface area (Å²) in [5.74, 6) is 0. The summed E-state index contributed by atoms with van der Waals surface area (Å²) in [5.41, 5.74) is 4.48. The quantitative estimate of drug-likeness (QED) is 0.530. The Morgan fingerprint density at radius 1 is 1.22 bits per heavy atom. The van der Waals surface area contributed by atoms with Crippen LogP contribution in [0.5, 0.6) is 0 Å². The molecule has 0 aromatic rings. The molecule has 4 N–H and O–H groups in total. The second kappa shape index (κ2) is 6.29. The molecule has 0 radical (unpaired) electrons. The van der Waals surface area contributed by atoms with Crippen molar-refractivity contribution in [1.82, 2.24) is 9.44 Å². The minimum Gasteiger partial charge on any atom is -0.329 e. The molecule has 0 aliphatic heterocycles. The van der Waals surface area contributed by atoms with Crippen molar-refractivity contribution >= 4 is 20.0 Å². The van der Waals surface area contributed by atoms with Crippen LogP contribution in [0.4, 0.5) is 0 Å². The van der Waals surface area contributed by atoms with E-state index in [0.29, 0.717) is 6.42 Å². The highest BCUT2D eigenvalue weighted by Gasteiger charge is 2.27. The molecule has 0 saturated carbocycles. The molecule has 9 heteroatoms. The lowest BCUT2D eigenvalue weighted by Crippen LogP contribution is -2.52. The Hall–Kier alpha value is -0.220. The lowest BCUT2D eigenvalue weighted by molar-refractivity contribution is 0.443. The molecule has 0 fully saturated rings. The van der Waals surface area contributed by atoms with Crippen molar-refractivity contribution in [3.63, 3.8) is 0 Å². The van der Waals surface area contributed by atoms with E-state index in [9.17, 15) is 16.8 Å². The summed E-state index contributed by atoms with van der Waals surface area (Å²) < 4.78 is 50.6. The number of sulfonamides is 2. The fourth-order valence-corrected chi connectivity index (χ4v) is 4.02. The summed E-state index contributed by atoms with van der Waals surface area (Å²) in [6, 6.07) is 0. The molecular formula is C9H23N3O4S2. The third-order valence-corrected chi connectivity index (χ3v) is 5.21. The fourth-order valence-electron chi connectivity index (χ4n) is 1.45. The molecule has 0 aromatic heterocycles. The van der Waals surface area contributed by atoms with Crippen molar-refractivity contribution in [1.29, 1.82) is 0 Å². The van der Waals surface area contributed by atoms with Crippen LogP contribution in [0.2, 0.25) is 0 Å². The zero-order chi connectivity index (χ0) is 14.6. The number of rotatable bonds is 8. The molecule has 1 atom stereocenters. The minimum absolute atomic E-state index is 0.0289. The van der Waals surface area contributed by atoms with Gasteiger partial charge in [-0.05, 0) is 20.3 Å². The van der Waals surface area contributed by atoms with Crippen molar-refractivity contribution in [3.8, 4) is 0 Å². The van der Waals surface area contributed by atoms with Crippen LogP contribution in [-0.4, -0.2) is 47.0 Å². The average Bonchev–Trinajstić information content (AvgIpc) is 2.13. The van der Waals surface area contributed by atoms with E-state index in [0.717, 1.165) is 6.26 Å². The highest BCUT2D eigenvalue weighted by molar-refractivity contribution is 7.90. The summed E-state index contributed by atoms with van der Waals surface area (Å²) in [4.78, 5) is 0. The lowest BCUT2D eigenvalue weighted by Gasteiger charge is -2.26. The first-order chi connectivity index (χ1) is 7.93. The third-order valence-electron chi connectivity index (χ3n) is 2.33. The predicted octanol–water partition coefficient (Wildman–Crippen LogP) is -1.03. The van der Waals surface area contributed by atoms with Gasteiger partial charge in [-0.2, -0.15) is 0 Å². The lowest BCUT2D eigenvalue weighted by atomic mass is 10.1. The standard InChI is InChI=1S/C9H23N3O4S2/c1-5-8(6-10)18(15,16)11-7-9(2,3)12-17(4,13)14/h8,11-12H,5-7,10H2,1-4H3. The van der Waals surface area contributed by atoms with Crippen molar-refractivity contribution in [2.75, 3.05) is 19.3 Å². The van der Waals surface area contributed by atoms with Crippen molar-refractivity contribution in [3.05, 3.63) is 0 Å². The van der Waals surface area contributed by atoms with E-state index in [1.54, 1.807) is 20.8 Å². The summed E-state index contributed by atoms with van der Waals surface area (Å²) in [5, 5.41) is -0.661. The molecule has 0 spiro atoms. The smallest absolute Gasteiger partial charge is 0.215 e. The highest BCUT2D eigenvalue weighted by Crippen LogP contribution is 2.06. The topological polar surface area (TPSA) is 118 Å². The van der Waals surface area contributed by atoms with Gasteiger partial charge in [0.2, 0.25) is 20.0 Å². The van der Waals surface area contributed by atoms with E-state index in [2.05, 4.69) is 9.44 Å². The molecule has 0 aliphatic carbocycles. The van der Waals surface area contributed by atoms with Crippen LogP contribution in [-0.2, 0) is 20.0 Å². The second-order valence-electron chi connectivity index (χ2n) is 4.89. The van der Waals surface area contributed by atoms with E-state index in [4.69, 9.17) is 5.73 Å². The Morgan fingerprint density at radius 3 is 2.06 bits per heavy atom. The summed E-state index contributed by atoms with van der Waals surface area (Å²) in [6.45, 7) is 4.93. The zero-order valence-electron chi connectivity index (χ0n) is 11.2. The molecule has 110 valence electrons. The molecule has 0 heterocycles. The van der Waals surface area contributed by atoms with Gasteiger partial charge in [0.15, 0.2) is 0 Å². The van der Waals surface area contributed by atoms with Crippen LogP contribution in [0.3, 0.4) is 0 Å². The molecule has 1 unspecified atom stereocenters. The average molecular weight is 301 g/mol. The first kappa shape index (κ1) is 17.8. The van der Waals surface area contributed by atoms with Crippen LogP contribution >= 0.6 is 0 Å². The van der Waals surface area contributed by atoms with E-state index in [1.807, 2.05) is 0 Å². The second-order valence-corrected chi connectivity index (χ2v) is 8.68. The van der Waals surface area contributed by atoms with Crippen LogP contribution < -0.4 is 15.2 Å². The summed E-state index contributed by atoms with van der Waals surface area (Å²) >= 11 is 0. The molecular weight excluding hydrogens is 278 g/mol. The third kappa shape index (κ3) is 6.64. The van der Waals surface area contributed by atoms with Gasteiger partial charge in [0, 0.05) is 18.6 Å². The molecule has 0 bridgehead atoms. The van der Waals surface area contributed by atoms with E-state index >= 15 is 0 Å². The van der Waals surface area contributed by atoms with Crippen molar-refractivity contribution < 1.29 is 16.8 Å². The van der Waals surface area contributed by atoms with Gasteiger partial charge in [-0.15, -0.1) is 0 Å². The maximum atomic E-state index is 11.8. The molecule has 0 rings (SSSR count). The van der Waals surface area contributed by atoms with Gasteiger partial charge in [-0.25, -0.2) is 26.3 Å². The van der Waals surface area contributed by atoms with Gasteiger partial charge in [0.1, 0.15) is 0 Å². The minimum atomic E-state index is -3.52. The molecule has 7 nitrogen and oxygen atoms in total. The van der Waals surface area contributed by atoms with Crippen LogP contribution in [0.1, 0.15) is 27.2 Å². The van der Waals surface area contributed by atoms with Crippen LogP contribution in [0.15, 0.2) is 0 Å². The predicted molar refractivity (Wildman–Crippen MR) is 72.1 cm³/mol. The first-order valence-electron chi connectivity index (χ1n) is 5.61. The van der Waals surface area contributed by atoms with Crippen molar-refractivity contribution in [2.24, 2.45) is 5.73 Å². The monoisotopic (exact) mass is 301 g/mol. The molecule has 0 aliphatic rings. The first-order valence-corrected chi connectivity index (χ1v) is 9.05. The Balaban J connectivity index is 4.66. The Morgan fingerprint density at radius 2 is 1.72 bits per heavy atom. The van der Waals surface area contributed by atoms with Crippen LogP contribution in [0.25, 0.3) is 0 Å². The van der Waals surface area contributed by atoms with Gasteiger partial charge in [-0.3, -0.25) is 0 Å². The van der Waals surface area contributed by atoms with E-state index in [-0.39, 0.29) is 13.1 Å². The van der Waals surface area contributed by atoms with Crippen LogP contribution in [0, 0.1) is 0 Å². The highest BCUT2D eigenvalue weighted by atomic mass is 32.2. The van der Waals surface area contributed by atoms with Crippen molar-refractivity contribution in [2.45, 2.75) is 38.0 Å². The number of hydrogen-bond acceptors (Lipinski definition) is 5. The Labute approximate surface area is 110 Å². The Bertz CT molecular complexity index is 452. The molecule has 18 heavy (non-hydrogen) atoms. The molecule has 0 aromatic carbocycles. The van der Waals surface area contributed by atoms with E-state index in [1.165, 1.54) is 0 Å². The fraction of sp³-hybridized carbons (Fsp3) is 1.00. The molecule has 0 amide bonds. The van der Waals surface area contributed by atoms with Gasteiger partial charge >= 0.3 is 0 Å². The van der Waals surface area contributed by atoms with Gasteiger partial charge in [0.25, 0.3) is 0 Å². The maximum Gasteiger partial charge on any atom is 0.215 e. The van der Waals surface area contributed by atoms with Gasteiger partial charge in [0.05, 0.1) is 11.5 Å². The van der Waals surface area contributed by atoms with Gasteiger partial charge in [-0.1, -0.05) is 6.92 Å². The van der Waals surface area contributed by atoms with E-state index < -0.39 is 30.8 Å². The summed E-state index contributed by atoms with van der Waals surface area (Å²) in [7, 11) is -6.91. The number of nitrogens with one attached hydrogen (secondary N) is 2.